The number of hydrogen-bond acceptors (Lipinski definition) is 8. The number of para-hydroxylation sites is 2. The highest BCUT2D eigenvalue weighted by Gasteiger charge is 2.19. The molecule has 2 amide bonds. The molecule has 0 aliphatic rings. The molecule has 0 saturated heterocycles. The van der Waals surface area contributed by atoms with E-state index < -0.39 is 16.7 Å². The molecular formula is C21H17N5O5S2. The number of hydrazine groups is 1. The van der Waals surface area contributed by atoms with Gasteiger partial charge < -0.3 is 4.74 Å². The van der Waals surface area contributed by atoms with Crippen molar-refractivity contribution in [2.24, 2.45) is 0 Å². The summed E-state index contributed by atoms with van der Waals surface area (Å²) in [5.74, 6) is -0.318. The number of nitro groups is 1. The second kappa shape index (κ2) is 9.71. The van der Waals surface area contributed by atoms with E-state index in [4.69, 9.17) is 4.74 Å². The second-order valence-electron chi connectivity index (χ2n) is 6.60. The molecule has 0 aliphatic carbocycles. The number of hydrogen-bond donors (Lipinski definition) is 2. The van der Waals surface area contributed by atoms with Crippen molar-refractivity contribution in [1.82, 2.24) is 20.4 Å². The Bertz CT molecular complexity index is 1340. The Morgan fingerprint density at radius 2 is 2.00 bits per heavy atom. The number of aromatic nitrogens is 2. The van der Waals surface area contributed by atoms with Crippen molar-refractivity contribution in [2.45, 2.75) is 5.16 Å². The Balaban J connectivity index is 1.60. The number of thiophene rings is 1. The van der Waals surface area contributed by atoms with Crippen LogP contribution < -0.4 is 15.6 Å². The number of nitrogens with one attached hydrogen (secondary N) is 2. The van der Waals surface area contributed by atoms with Crippen LogP contribution >= 0.6 is 23.1 Å². The summed E-state index contributed by atoms with van der Waals surface area (Å²) in [6.07, 6.45) is 0. The molecule has 2 aromatic carbocycles. The molecular weight excluding hydrogens is 466 g/mol. The lowest BCUT2D eigenvalue weighted by molar-refractivity contribution is -0.384. The molecule has 4 aromatic rings. The smallest absolute Gasteiger partial charge is 0.279 e. The van der Waals surface area contributed by atoms with Crippen molar-refractivity contribution in [3.63, 3.8) is 0 Å². The summed E-state index contributed by atoms with van der Waals surface area (Å²) < 4.78 is 7.25. The lowest BCUT2D eigenvalue weighted by Crippen LogP contribution is -2.42. The fourth-order valence-corrected chi connectivity index (χ4v) is 4.51. The first-order valence-electron chi connectivity index (χ1n) is 9.53. The topological polar surface area (TPSA) is 128 Å². The molecule has 4 rings (SSSR count). The summed E-state index contributed by atoms with van der Waals surface area (Å²) in [5.41, 5.74) is 6.36. The monoisotopic (exact) mass is 483 g/mol. The summed E-state index contributed by atoms with van der Waals surface area (Å²) in [6, 6.07) is 15.0. The van der Waals surface area contributed by atoms with E-state index in [0.717, 1.165) is 11.8 Å². The van der Waals surface area contributed by atoms with Gasteiger partial charge in [-0.25, -0.2) is 4.98 Å². The molecule has 2 aromatic heterocycles. The Labute approximate surface area is 195 Å². The molecule has 168 valence electrons. The maximum atomic E-state index is 12.3. The molecule has 0 atom stereocenters. The first-order chi connectivity index (χ1) is 16.0. The lowest BCUT2D eigenvalue weighted by atomic mass is 10.2. The Hall–Kier alpha value is -3.90. The molecule has 0 radical (unpaired) electrons. The molecule has 0 bridgehead atoms. The van der Waals surface area contributed by atoms with E-state index >= 15 is 0 Å². The number of methoxy groups -OCH3 is 1. The minimum absolute atomic E-state index is 0.0503. The van der Waals surface area contributed by atoms with E-state index in [1.807, 2.05) is 18.2 Å². The molecule has 0 fully saturated rings. The number of non-ortho nitro benzene ring substituents is 1. The Morgan fingerprint density at radius 3 is 2.73 bits per heavy atom. The van der Waals surface area contributed by atoms with Crippen molar-refractivity contribution >= 4 is 51.6 Å². The zero-order chi connectivity index (χ0) is 23.4. The maximum absolute atomic E-state index is 12.3. The third-order valence-corrected chi connectivity index (χ3v) is 6.34. The zero-order valence-corrected chi connectivity index (χ0v) is 18.8. The van der Waals surface area contributed by atoms with Crippen LogP contribution in [0, 0.1) is 10.1 Å². The van der Waals surface area contributed by atoms with Gasteiger partial charge in [0.05, 0.1) is 39.4 Å². The van der Waals surface area contributed by atoms with Crippen LogP contribution in [-0.2, 0) is 4.79 Å². The molecule has 0 unspecified atom stereocenters. The van der Waals surface area contributed by atoms with Gasteiger partial charge in [-0.3, -0.25) is 35.1 Å². The van der Waals surface area contributed by atoms with Gasteiger partial charge in [0, 0.05) is 12.1 Å². The minimum Gasteiger partial charge on any atom is -0.495 e. The second-order valence-corrected chi connectivity index (χ2v) is 8.49. The molecule has 0 spiro atoms. The number of thioether (sulfide) groups is 1. The number of carbonyl (C=O) groups excluding carboxylic acids is 2. The van der Waals surface area contributed by atoms with Crippen LogP contribution in [0.3, 0.4) is 0 Å². The number of amides is 2. The third kappa shape index (κ3) is 4.81. The van der Waals surface area contributed by atoms with Crippen molar-refractivity contribution in [3.05, 3.63) is 75.0 Å². The number of nitro benzene ring substituents is 1. The first-order valence-corrected chi connectivity index (χ1v) is 11.4. The summed E-state index contributed by atoms with van der Waals surface area (Å²) in [6.45, 7) is 0. The standard InChI is InChI=1S/C21H17N5O5S2/c1-31-17-6-3-2-5-16(17)25-15-9-8-13(26(29)30)11-14(15)22-21(25)33-12-19(27)23-24-20(28)18-7-4-10-32-18/h2-11H,12H2,1H3,(H,23,27)(H,24,28). The van der Waals surface area contributed by atoms with Gasteiger partial charge in [0.1, 0.15) is 5.75 Å². The number of fused-ring (bicyclic) bond motifs is 1. The van der Waals surface area contributed by atoms with E-state index in [2.05, 4.69) is 15.8 Å². The first kappa shape index (κ1) is 22.3. The highest BCUT2D eigenvalue weighted by Crippen LogP contribution is 2.33. The summed E-state index contributed by atoms with van der Waals surface area (Å²) >= 11 is 2.38. The van der Waals surface area contributed by atoms with E-state index in [9.17, 15) is 19.7 Å². The van der Waals surface area contributed by atoms with E-state index in [1.165, 1.54) is 23.5 Å². The molecule has 12 heteroatoms. The van der Waals surface area contributed by atoms with Crippen molar-refractivity contribution in [3.8, 4) is 11.4 Å². The normalized spacial score (nSPS) is 10.7. The molecule has 0 saturated carbocycles. The highest BCUT2D eigenvalue weighted by molar-refractivity contribution is 7.99. The van der Waals surface area contributed by atoms with Crippen LogP contribution in [0.4, 0.5) is 5.69 Å². The van der Waals surface area contributed by atoms with Gasteiger partial charge in [-0.1, -0.05) is 30.0 Å². The van der Waals surface area contributed by atoms with Gasteiger partial charge in [-0.05, 0) is 29.6 Å². The van der Waals surface area contributed by atoms with Gasteiger partial charge in [0.2, 0.25) is 5.91 Å². The van der Waals surface area contributed by atoms with Crippen molar-refractivity contribution in [2.75, 3.05) is 12.9 Å². The largest absolute Gasteiger partial charge is 0.495 e. The van der Waals surface area contributed by atoms with Gasteiger partial charge in [0.15, 0.2) is 5.16 Å². The highest BCUT2D eigenvalue weighted by atomic mass is 32.2. The van der Waals surface area contributed by atoms with E-state index in [-0.39, 0.29) is 11.4 Å². The Morgan fingerprint density at radius 1 is 1.18 bits per heavy atom. The van der Waals surface area contributed by atoms with Crippen molar-refractivity contribution < 1.29 is 19.2 Å². The number of benzene rings is 2. The van der Waals surface area contributed by atoms with Crippen molar-refractivity contribution in [1.29, 1.82) is 0 Å². The lowest BCUT2D eigenvalue weighted by Gasteiger charge is -2.13. The molecule has 33 heavy (non-hydrogen) atoms. The van der Waals surface area contributed by atoms with Gasteiger partial charge in [-0.2, -0.15) is 0 Å². The quantitative estimate of drug-likeness (QED) is 0.234. The van der Waals surface area contributed by atoms with E-state index in [0.29, 0.717) is 32.5 Å². The van der Waals surface area contributed by atoms with Crippen LogP contribution in [-0.4, -0.2) is 39.2 Å². The fraction of sp³-hybridized carbons (Fsp3) is 0.0952. The minimum atomic E-state index is -0.488. The van der Waals surface area contributed by atoms with Crippen LogP contribution in [0.2, 0.25) is 0 Å². The summed E-state index contributed by atoms with van der Waals surface area (Å²) in [7, 11) is 1.54. The number of rotatable bonds is 7. The van der Waals surface area contributed by atoms with Crippen LogP contribution in [0.5, 0.6) is 5.75 Å². The predicted octanol–water partition coefficient (Wildman–Crippen LogP) is 3.56. The maximum Gasteiger partial charge on any atom is 0.279 e. The number of nitrogens with zero attached hydrogens (tertiary/aromatic N) is 3. The molecule has 10 nitrogen and oxygen atoms in total. The van der Waals surface area contributed by atoms with Crippen LogP contribution in [0.15, 0.2) is 65.1 Å². The number of imidazole rings is 1. The predicted molar refractivity (Wildman–Crippen MR) is 125 cm³/mol. The number of carbonyl (C=O) groups is 2. The molecule has 2 heterocycles. The SMILES string of the molecule is COc1ccccc1-n1c(SCC(=O)NNC(=O)c2cccs2)nc2cc([N+](=O)[O-])ccc21. The van der Waals surface area contributed by atoms with Crippen LogP contribution in [0.1, 0.15) is 9.67 Å². The summed E-state index contributed by atoms with van der Waals surface area (Å²) in [5, 5.41) is 13.4. The van der Waals surface area contributed by atoms with Crippen LogP contribution in [0.25, 0.3) is 16.7 Å². The number of ether oxygens (including phenoxy) is 1. The van der Waals surface area contributed by atoms with Gasteiger partial charge in [0.25, 0.3) is 11.6 Å². The summed E-state index contributed by atoms with van der Waals surface area (Å²) in [4.78, 5) is 40.0. The average Bonchev–Trinajstić information content (AvgIpc) is 3.48. The fourth-order valence-electron chi connectivity index (χ4n) is 3.07. The Kier molecular flexibility index (Phi) is 6.56. The molecule has 2 N–H and O–H groups in total. The van der Waals surface area contributed by atoms with E-state index in [1.54, 1.807) is 41.3 Å². The zero-order valence-electron chi connectivity index (χ0n) is 17.2. The average molecular weight is 484 g/mol. The van der Waals surface area contributed by atoms with Gasteiger partial charge in [-0.15, -0.1) is 11.3 Å². The molecule has 0 aliphatic heterocycles. The van der Waals surface area contributed by atoms with Gasteiger partial charge >= 0.3 is 0 Å². The third-order valence-electron chi connectivity index (χ3n) is 4.54.